The Balaban J connectivity index is 2.29. The average Bonchev–Trinajstić information content (AvgIpc) is 2.60. The highest BCUT2D eigenvalue weighted by Gasteiger charge is 2.37. The minimum absolute atomic E-state index is 0.0304. The van der Waals surface area contributed by atoms with Gasteiger partial charge >= 0.3 is 0 Å². The van der Waals surface area contributed by atoms with Crippen molar-refractivity contribution >= 4 is 5.91 Å². The average molecular weight is 311 g/mol. The van der Waals surface area contributed by atoms with E-state index < -0.39 is 5.60 Å². The van der Waals surface area contributed by atoms with Crippen molar-refractivity contribution in [2.75, 3.05) is 6.54 Å². The molecule has 0 spiro atoms. The van der Waals surface area contributed by atoms with Gasteiger partial charge in [-0.05, 0) is 17.5 Å². The van der Waals surface area contributed by atoms with Crippen molar-refractivity contribution in [2.24, 2.45) is 5.92 Å². The second kappa shape index (κ2) is 7.93. The van der Waals surface area contributed by atoms with Crippen LogP contribution in [0.5, 0.6) is 0 Å². The molecular weight excluding hydrogens is 286 g/mol. The number of carbonyl (C=O) groups excluding carboxylic acids is 1. The summed E-state index contributed by atoms with van der Waals surface area (Å²) in [6, 6.07) is 19.3. The molecule has 0 saturated heterocycles. The van der Waals surface area contributed by atoms with Crippen LogP contribution >= 0.6 is 0 Å². The lowest BCUT2D eigenvalue weighted by molar-refractivity contribution is -0.121. The lowest BCUT2D eigenvalue weighted by Crippen LogP contribution is -2.41. The molecule has 3 heteroatoms. The molecule has 2 rings (SSSR count). The van der Waals surface area contributed by atoms with E-state index in [2.05, 4.69) is 5.32 Å². The third kappa shape index (κ3) is 3.99. The lowest BCUT2D eigenvalue weighted by atomic mass is 9.77. The number of benzene rings is 2. The molecule has 0 aliphatic rings. The number of aliphatic hydroxyl groups is 1. The molecule has 0 radical (unpaired) electrons. The van der Waals surface area contributed by atoms with Crippen molar-refractivity contribution in [1.29, 1.82) is 0 Å². The van der Waals surface area contributed by atoms with Gasteiger partial charge in [-0.1, -0.05) is 74.5 Å². The van der Waals surface area contributed by atoms with Crippen molar-refractivity contribution in [3.05, 3.63) is 71.8 Å². The molecule has 0 saturated carbocycles. The highest BCUT2D eigenvalue weighted by atomic mass is 16.3. The summed E-state index contributed by atoms with van der Waals surface area (Å²) >= 11 is 0. The van der Waals surface area contributed by atoms with Crippen LogP contribution in [0.15, 0.2) is 60.7 Å². The van der Waals surface area contributed by atoms with Crippen LogP contribution in [0.4, 0.5) is 0 Å². The molecule has 0 aliphatic carbocycles. The van der Waals surface area contributed by atoms with Gasteiger partial charge in [0.05, 0.1) is 0 Å². The lowest BCUT2D eigenvalue weighted by Gasteiger charge is -2.35. The van der Waals surface area contributed by atoms with E-state index in [1.165, 1.54) is 0 Å². The number of nitrogens with one attached hydrogen (secondary N) is 1. The number of carbonyl (C=O) groups is 1. The molecule has 3 nitrogen and oxygen atoms in total. The van der Waals surface area contributed by atoms with E-state index in [9.17, 15) is 9.90 Å². The van der Waals surface area contributed by atoms with E-state index in [0.29, 0.717) is 13.0 Å². The first-order chi connectivity index (χ1) is 11.1. The zero-order chi connectivity index (χ0) is 16.7. The van der Waals surface area contributed by atoms with Gasteiger partial charge in [0, 0.05) is 18.9 Å². The predicted octanol–water partition coefficient (Wildman–Crippen LogP) is 3.47. The van der Waals surface area contributed by atoms with Crippen molar-refractivity contribution in [2.45, 2.75) is 32.3 Å². The summed E-state index contributed by atoms with van der Waals surface area (Å²) in [6.07, 6.45) is 1.34. The topological polar surface area (TPSA) is 49.3 Å². The van der Waals surface area contributed by atoms with E-state index in [4.69, 9.17) is 0 Å². The number of rotatable bonds is 7. The minimum atomic E-state index is -1.14. The molecule has 1 atom stereocenters. The van der Waals surface area contributed by atoms with E-state index >= 15 is 0 Å². The standard InChI is InChI=1S/C20H25NO2/c1-3-10-19(22)21-15-16(2)20(23,17-11-6-4-7-12-17)18-13-8-5-9-14-18/h4-9,11-14,16,23H,3,10,15H2,1-2H3,(H,21,22)/t16-/m1/s1. The maximum atomic E-state index is 11.8. The predicted molar refractivity (Wildman–Crippen MR) is 93.0 cm³/mol. The summed E-state index contributed by atoms with van der Waals surface area (Å²) in [5.74, 6) is -0.129. The smallest absolute Gasteiger partial charge is 0.219 e. The Bertz CT molecular complexity index is 571. The largest absolute Gasteiger partial charge is 0.380 e. The van der Waals surface area contributed by atoms with Crippen molar-refractivity contribution < 1.29 is 9.90 Å². The quantitative estimate of drug-likeness (QED) is 0.822. The first-order valence-corrected chi connectivity index (χ1v) is 8.19. The van der Waals surface area contributed by atoms with Gasteiger partial charge < -0.3 is 10.4 Å². The van der Waals surface area contributed by atoms with Crippen LogP contribution in [0.2, 0.25) is 0 Å². The Morgan fingerprint density at radius 1 is 1.04 bits per heavy atom. The Hall–Kier alpha value is -2.13. The molecule has 0 fully saturated rings. The SMILES string of the molecule is CCCC(=O)NC[C@@H](C)C(O)(c1ccccc1)c1ccccc1. The summed E-state index contributed by atoms with van der Waals surface area (Å²) < 4.78 is 0. The van der Waals surface area contributed by atoms with Gasteiger partial charge in [0.1, 0.15) is 5.60 Å². The van der Waals surface area contributed by atoms with E-state index in [1.54, 1.807) is 0 Å². The molecule has 0 aliphatic heterocycles. The molecular formula is C20H25NO2. The fraction of sp³-hybridized carbons (Fsp3) is 0.350. The molecule has 0 heterocycles. The second-order valence-electron chi connectivity index (χ2n) is 5.95. The summed E-state index contributed by atoms with van der Waals surface area (Å²) in [5, 5.41) is 14.4. The molecule has 2 N–H and O–H groups in total. The van der Waals surface area contributed by atoms with Crippen LogP contribution in [0.25, 0.3) is 0 Å². The molecule has 2 aromatic rings. The molecule has 122 valence electrons. The Morgan fingerprint density at radius 2 is 1.52 bits per heavy atom. The normalized spacial score (nSPS) is 12.7. The monoisotopic (exact) mass is 311 g/mol. The first-order valence-electron chi connectivity index (χ1n) is 8.19. The van der Waals surface area contributed by atoms with Crippen LogP contribution in [0, 0.1) is 5.92 Å². The number of amides is 1. The zero-order valence-electron chi connectivity index (χ0n) is 13.8. The van der Waals surface area contributed by atoms with Gasteiger partial charge in [-0.15, -0.1) is 0 Å². The first kappa shape index (κ1) is 17.2. The van der Waals surface area contributed by atoms with E-state index in [-0.39, 0.29) is 11.8 Å². The van der Waals surface area contributed by atoms with Crippen LogP contribution in [-0.2, 0) is 10.4 Å². The Labute approximate surface area is 138 Å². The third-order valence-electron chi connectivity index (χ3n) is 4.22. The molecule has 1 amide bonds. The number of hydrogen-bond acceptors (Lipinski definition) is 2. The van der Waals surface area contributed by atoms with Crippen LogP contribution in [0.3, 0.4) is 0 Å². The summed E-state index contributed by atoms with van der Waals surface area (Å²) in [6.45, 7) is 4.37. The fourth-order valence-corrected chi connectivity index (χ4v) is 2.85. The molecule has 0 bridgehead atoms. The van der Waals surface area contributed by atoms with Crippen LogP contribution in [0.1, 0.15) is 37.8 Å². The molecule has 23 heavy (non-hydrogen) atoms. The zero-order valence-corrected chi connectivity index (χ0v) is 13.8. The van der Waals surface area contributed by atoms with Gasteiger partial charge in [0.2, 0.25) is 5.91 Å². The molecule has 2 aromatic carbocycles. The van der Waals surface area contributed by atoms with Crippen molar-refractivity contribution in [1.82, 2.24) is 5.32 Å². The van der Waals surface area contributed by atoms with Crippen molar-refractivity contribution in [3.63, 3.8) is 0 Å². The van der Waals surface area contributed by atoms with Gasteiger partial charge in [-0.2, -0.15) is 0 Å². The summed E-state index contributed by atoms with van der Waals surface area (Å²) in [7, 11) is 0. The van der Waals surface area contributed by atoms with Crippen molar-refractivity contribution in [3.8, 4) is 0 Å². The Morgan fingerprint density at radius 3 is 1.96 bits per heavy atom. The highest BCUT2D eigenvalue weighted by molar-refractivity contribution is 5.75. The van der Waals surface area contributed by atoms with E-state index in [1.807, 2.05) is 74.5 Å². The minimum Gasteiger partial charge on any atom is -0.380 e. The highest BCUT2D eigenvalue weighted by Crippen LogP contribution is 2.36. The van der Waals surface area contributed by atoms with Gasteiger partial charge in [0.25, 0.3) is 0 Å². The van der Waals surface area contributed by atoms with Gasteiger partial charge in [-0.25, -0.2) is 0 Å². The van der Waals surface area contributed by atoms with Crippen LogP contribution in [-0.4, -0.2) is 17.6 Å². The van der Waals surface area contributed by atoms with E-state index in [0.717, 1.165) is 17.5 Å². The van der Waals surface area contributed by atoms with Gasteiger partial charge in [0.15, 0.2) is 0 Å². The van der Waals surface area contributed by atoms with Gasteiger partial charge in [-0.3, -0.25) is 4.79 Å². The number of hydrogen-bond donors (Lipinski definition) is 2. The van der Waals surface area contributed by atoms with Crippen LogP contribution < -0.4 is 5.32 Å². The summed E-state index contributed by atoms with van der Waals surface area (Å²) in [5.41, 5.74) is 0.536. The maximum absolute atomic E-state index is 11.8. The molecule has 0 unspecified atom stereocenters. The summed E-state index contributed by atoms with van der Waals surface area (Å²) in [4.78, 5) is 11.8. The fourth-order valence-electron chi connectivity index (χ4n) is 2.85. The second-order valence-corrected chi connectivity index (χ2v) is 5.95. The molecule has 0 aromatic heterocycles. The third-order valence-corrected chi connectivity index (χ3v) is 4.22. The maximum Gasteiger partial charge on any atom is 0.219 e. The Kier molecular flexibility index (Phi) is 5.94.